The lowest BCUT2D eigenvalue weighted by Crippen LogP contribution is -1.76. The highest BCUT2D eigenvalue weighted by Gasteiger charge is 1.96. The summed E-state index contributed by atoms with van der Waals surface area (Å²) in [6.07, 6.45) is 0. The molecule has 0 saturated carbocycles. The molecule has 0 aromatic heterocycles. The maximum Gasteiger partial charge on any atom is 0.288 e. The average Bonchev–Trinajstić information content (AvgIpc) is 2.01. The van der Waals surface area contributed by atoms with Crippen molar-refractivity contribution in [2.45, 2.75) is 13.5 Å². The maximum absolute atomic E-state index is 5.76. The van der Waals surface area contributed by atoms with Gasteiger partial charge in [-0.25, -0.2) is 0 Å². The first-order valence-electron chi connectivity index (χ1n) is 3.40. The summed E-state index contributed by atoms with van der Waals surface area (Å²) in [5.41, 5.74) is 1.12. The lowest BCUT2D eigenvalue weighted by molar-refractivity contribution is 1.26. The Kier molecular flexibility index (Phi) is 2.95. The molecule has 0 amide bonds. The summed E-state index contributed by atoms with van der Waals surface area (Å²) in [7, 11) is 0. The van der Waals surface area contributed by atoms with Crippen LogP contribution in [0, 0.1) is 6.07 Å². The van der Waals surface area contributed by atoms with Crippen LogP contribution in [0.1, 0.15) is 12.5 Å². The van der Waals surface area contributed by atoms with Crippen molar-refractivity contribution in [3.8, 4) is 6.07 Å². The van der Waals surface area contributed by atoms with Gasteiger partial charge >= 0.3 is 0 Å². The van der Waals surface area contributed by atoms with Crippen LogP contribution in [-0.2, 0) is 6.54 Å². The predicted octanol–water partition coefficient (Wildman–Crippen LogP) is 3.19. The van der Waals surface area contributed by atoms with E-state index in [9.17, 15) is 0 Å². The van der Waals surface area contributed by atoms with Gasteiger partial charge in [-0.15, -0.1) is 0 Å². The van der Waals surface area contributed by atoms with Crippen molar-refractivity contribution in [3.05, 3.63) is 39.7 Å². The second-order valence-electron chi connectivity index (χ2n) is 2.17. The highest BCUT2D eigenvalue weighted by Crippen LogP contribution is 2.10. The summed E-state index contributed by atoms with van der Waals surface area (Å²) < 4.78 is 0. The minimum atomic E-state index is 0.664. The van der Waals surface area contributed by atoms with Crippen LogP contribution in [0.2, 0.25) is 5.02 Å². The Balaban J connectivity index is 2.76. The van der Waals surface area contributed by atoms with Crippen LogP contribution in [0.3, 0.4) is 0 Å². The van der Waals surface area contributed by atoms with Crippen molar-refractivity contribution < 1.29 is 0 Å². The first-order chi connectivity index (χ1) is 5.33. The molecular weight excluding hydrogens is 158 g/mol. The fourth-order valence-corrected chi connectivity index (χ4v) is 1.02. The molecule has 0 spiro atoms. The van der Waals surface area contributed by atoms with Gasteiger partial charge < -0.3 is 0 Å². The molecule has 2 heteroatoms. The van der Waals surface area contributed by atoms with Crippen molar-refractivity contribution in [3.63, 3.8) is 0 Å². The summed E-state index contributed by atoms with van der Waals surface area (Å²) in [6, 6.07) is 10.4. The zero-order valence-electron chi connectivity index (χ0n) is 6.34. The second-order valence-corrected chi connectivity index (χ2v) is 2.61. The molecule has 1 aromatic rings. The van der Waals surface area contributed by atoms with Crippen LogP contribution in [0.15, 0.2) is 24.3 Å². The van der Waals surface area contributed by atoms with Crippen molar-refractivity contribution in [2.24, 2.45) is 0 Å². The van der Waals surface area contributed by atoms with E-state index >= 15 is 0 Å². The third kappa shape index (κ3) is 2.61. The molecule has 0 aliphatic rings. The fraction of sp³-hybridized carbons (Fsp3) is 0.222. The molecule has 1 rings (SSSR count). The molecule has 0 unspecified atom stereocenters. The van der Waals surface area contributed by atoms with Gasteiger partial charge in [-0.3, -0.25) is 0 Å². The molecule has 0 atom stereocenters. The standard InChI is InChI=1S/C9H9ClN/c1-2-11-7-8-4-3-5-9(10)6-8/h3-6H,7H2,1H3/q+1. The number of nitrogens with zero attached hydrogens (tertiary/aromatic N) is 1. The lowest BCUT2D eigenvalue weighted by Gasteiger charge is -1.88. The van der Waals surface area contributed by atoms with Crippen molar-refractivity contribution in [1.29, 1.82) is 0 Å². The Morgan fingerprint density at radius 2 is 2.36 bits per heavy atom. The molecule has 11 heavy (non-hydrogen) atoms. The van der Waals surface area contributed by atoms with E-state index in [0.717, 1.165) is 10.6 Å². The van der Waals surface area contributed by atoms with Gasteiger partial charge in [-0.2, -0.15) is 0 Å². The second kappa shape index (κ2) is 4.00. The zero-order chi connectivity index (χ0) is 8.10. The zero-order valence-corrected chi connectivity index (χ0v) is 7.10. The van der Waals surface area contributed by atoms with Crippen molar-refractivity contribution >= 4 is 11.6 Å². The molecule has 0 aliphatic carbocycles. The normalized spacial score (nSPS) is 8.55. The Morgan fingerprint density at radius 1 is 1.55 bits per heavy atom. The quantitative estimate of drug-likeness (QED) is 0.604. The van der Waals surface area contributed by atoms with Gasteiger partial charge in [0.25, 0.3) is 12.6 Å². The summed E-state index contributed by atoms with van der Waals surface area (Å²) in [4.78, 5) is 3.97. The van der Waals surface area contributed by atoms with Crippen LogP contribution in [-0.4, -0.2) is 0 Å². The fourth-order valence-electron chi connectivity index (χ4n) is 0.806. The van der Waals surface area contributed by atoms with Gasteiger partial charge in [0, 0.05) is 10.6 Å². The molecule has 0 radical (unpaired) electrons. The molecular formula is C9H9ClN+. The van der Waals surface area contributed by atoms with E-state index in [-0.39, 0.29) is 0 Å². The van der Waals surface area contributed by atoms with Crippen LogP contribution < -0.4 is 0 Å². The number of hydrogen-bond donors (Lipinski definition) is 0. The third-order valence-electron chi connectivity index (χ3n) is 1.31. The monoisotopic (exact) mass is 166 g/mol. The Morgan fingerprint density at radius 3 is 3.00 bits per heavy atom. The minimum absolute atomic E-state index is 0.664. The molecule has 56 valence electrons. The van der Waals surface area contributed by atoms with Gasteiger partial charge in [0.15, 0.2) is 0 Å². The van der Waals surface area contributed by atoms with E-state index in [1.807, 2.05) is 24.3 Å². The summed E-state index contributed by atoms with van der Waals surface area (Å²) in [5, 5.41) is 0.758. The lowest BCUT2D eigenvalue weighted by atomic mass is 10.2. The van der Waals surface area contributed by atoms with Gasteiger partial charge in [0.2, 0.25) is 0 Å². The third-order valence-corrected chi connectivity index (χ3v) is 1.54. The van der Waals surface area contributed by atoms with Gasteiger partial charge in [-0.05, 0) is 12.1 Å². The Hall–Kier alpha value is -1.00. The Labute approximate surface area is 71.4 Å². The number of halogens is 1. The molecule has 1 nitrogen and oxygen atoms in total. The van der Waals surface area contributed by atoms with E-state index in [1.54, 1.807) is 6.92 Å². The predicted molar refractivity (Wildman–Crippen MR) is 48.1 cm³/mol. The Bertz CT molecular complexity index is 296. The number of rotatable bonds is 1. The summed E-state index contributed by atoms with van der Waals surface area (Å²) in [6.45, 7) is 2.45. The molecule has 0 aliphatic heterocycles. The molecule has 0 fully saturated rings. The van der Waals surface area contributed by atoms with Crippen LogP contribution >= 0.6 is 11.6 Å². The maximum atomic E-state index is 5.76. The number of hydrogen-bond acceptors (Lipinski definition) is 0. The van der Waals surface area contributed by atoms with Crippen molar-refractivity contribution in [2.75, 3.05) is 0 Å². The van der Waals surface area contributed by atoms with E-state index in [2.05, 4.69) is 10.9 Å². The van der Waals surface area contributed by atoms with Gasteiger partial charge in [0.05, 0.1) is 6.92 Å². The van der Waals surface area contributed by atoms with Crippen LogP contribution in [0.5, 0.6) is 0 Å². The van der Waals surface area contributed by atoms with Crippen LogP contribution in [0.4, 0.5) is 0 Å². The largest absolute Gasteiger partial charge is 0.288 e. The van der Waals surface area contributed by atoms with E-state index < -0.39 is 0 Å². The van der Waals surface area contributed by atoms with Crippen LogP contribution in [0.25, 0.3) is 4.85 Å². The molecule has 0 heterocycles. The minimum Gasteiger partial charge on any atom is -0.0843 e. The molecule has 0 N–H and O–H groups in total. The molecule has 0 bridgehead atoms. The SMILES string of the molecule is CC#[N+]Cc1cccc(Cl)c1. The van der Waals surface area contributed by atoms with Gasteiger partial charge in [0.1, 0.15) is 0 Å². The smallest absolute Gasteiger partial charge is 0.0843 e. The first-order valence-corrected chi connectivity index (χ1v) is 3.78. The van der Waals surface area contributed by atoms with E-state index in [4.69, 9.17) is 11.6 Å². The molecule has 1 aromatic carbocycles. The average molecular weight is 167 g/mol. The van der Waals surface area contributed by atoms with Gasteiger partial charge in [-0.1, -0.05) is 28.6 Å². The topological polar surface area (TPSA) is 4.36 Å². The molecule has 0 saturated heterocycles. The number of benzene rings is 1. The summed E-state index contributed by atoms with van der Waals surface area (Å²) in [5.74, 6) is 0. The highest BCUT2D eigenvalue weighted by molar-refractivity contribution is 6.30. The summed E-state index contributed by atoms with van der Waals surface area (Å²) >= 11 is 5.76. The van der Waals surface area contributed by atoms with E-state index in [0.29, 0.717) is 6.54 Å². The van der Waals surface area contributed by atoms with Crippen molar-refractivity contribution in [1.82, 2.24) is 0 Å². The van der Waals surface area contributed by atoms with E-state index in [1.165, 1.54) is 0 Å². The highest BCUT2D eigenvalue weighted by atomic mass is 35.5. The first kappa shape index (κ1) is 8.10.